The topological polar surface area (TPSA) is 38.1 Å². The van der Waals surface area contributed by atoms with Gasteiger partial charge in [-0.05, 0) is 49.9 Å². The third kappa shape index (κ3) is 4.20. The number of fused-ring (bicyclic) bond motifs is 1. The number of hydrogen-bond donors (Lipinski definition) is 0. The van der Waals surface area contributed by atoms with Crippen molar-refractivity contribution < 1.29 is 22.4 Å². The van der Waals surface area contributed by atoms with E-state index in [4.69, 9.17) is 0 Å². The summed E-state index contributed by atoms with van der Waals surface area (Å²) in [6.07, 6.45) is -0.292. The lowest BCUT2D eigenvalue weighted by molar-refractivity contribution is -0.139. The van der Waals surface area contributed by atoms with Crippen molar-refractivity contribution in [1.29, 1.82) is 0 Å². The summed E-state index contributed by atoms with van der Waals surface area (Å²) in [5.41, 5.74) is 2.06. The molecule has 1 aliphatic carbocycles. The summed E-state index contributed by atoms with van der Waals surface area (Å²) in [5, 5.41) is 4.33. The average molecular weight is 381 g/mol. The van der Waals surface area contributed by atoms with E-state index in [0.29, 0.717) is 29.0 Å². The number of halogens is 4. The third-order valence-corrected chi connectivity index (χ3v) is 4.46. The first-order chi connectivity index (χ1) is 12.8. The molecule has 0 atom stereocenters. The van der Waals surface area contributed by atoms with E-state index in [2.05, 4.69) is 11.7 Å². The molecule has 0 spiro atoms. The van der Waals surface area contributed by atoms with Crippen LogP contribution in [0.3, 0.4) is 0 Å². The zero-order valence-corrected chi connectivity index (χ0v) is 14.6. The van der Waals surface area contributed by atoms with Gasteiger partial charge in [0.25, 0.3) is 5.91 Å². The van der Waals surface area contributed by atoms with Crippen LogP contribution in [-0.2, 0) is 12.8 Å². The summed E-state index contributed by atoms with van der Waals surface area (Å²) >= 11 is 0. The van der Waals surface area contributed by atoms with Crippen LogP contribution in [0.2, 0.25) is 0 Å². The van der Waals surface area contributed by atoms with Gasteiger partial charge in [0.15, 0.2) is 5.69 Å². The molecule has 1 heterocycles. The molecular formula is C19H19F4N3O. The second-order valence-electron chi connectivity index (χ2n) is 6.46. The first-order valence-electron chi connectivity index (χ1n) is 8.64. The van der Waals surface area contributed by atoms with Gasteiger partial charge in [0.1, 0.15) is 12.4 Å². The predicted molar refractivity (Wildman–Crippen MR) is 92.3 cm³/mol. The fourth-order valence-electron chi connectivity index (χ4n) is 3.31. The Labute approximate surface area is 154 Å². The van der Waals surface area contributed by atoms with Gasteiger partial charge in [-0.3, -0.25) is 4.79 Å². The maximum atomic E-state index is 13.2. The van der Waals surface area contributed by atoms with Gasteiger partial charge in [-0.25, -0.2) is 9.07 Å². The second-order valence-corrected chi connectivity index (χ2v) is 6.46. The van der Waals surface area contributed by atoms with E-state index in [-0.39, 0.29) is 12.2 Å². The van der Waals surface area contributed by atoms with Gasteiger partial charge in [-0.1, -0.05) is 6.08 Å². The maximum absolute atomic E-state index is 13.2. The number of amides is 1. The molecule has 0 fully saturated rings. The Balaban J connectivity index is 2.03. The van der Waals surface area contributed by atoms with Crippen LogP contribution in [0.15, 0.2) is 36.9 Å². The number of rotatable bonds is 5. The van der Waals surface area contributed by atoms with Gasteiger partial charge < -0.3 is 4.90 Å². The molecule has 2 aromatic rings. The Morgan fingerprint density at radius 1 is 1.22 bits per heavy atom. The lowest BCUT2D eigenvalue weighted by atomic mass is 9.95. The first-order valence-corrected chi connectivity index (χ1v) is 8.64. The molecule has 144 valence electrons. The van der Waals surface area contributed by atoms with Crippen LogP contribution in [-0.4, -0.2) is 39.9 Å². The molecule has 1 aromatic heterocycles. The monoisotopic (exact) mass is 381 g/mol. The van der Waals surface area contributed by atoms with E-state index in [1.807, 2.05) is 0 Å². The lowest BCUT2D eigenvalue weighted by Gasteiger charge is -2.22. The summed E-state index contributed by atoms with van der Waals surface area (Å²) in [5.74, 6) is -1.18. The highest BCUT2D eigenvalue weighted by molar-refractivity contribution is 5.94. The minimum Gasteiger partial charge on any atom is -0.324 e. The molecule has 4 nitrogen and oxygen atoms in total. The molecule has 0 radical (unpaired) electrons. The van der Waals surface area contributed by atoms with Crippen LogP contribution in [0, 0.1) is 5.82 Å². The van der Waals surface area contributed by atoms with Crippen molar-refractivity contribution in [2.75, 3.05) is 13.1 Å². The molecule has 0 bridgehead atoms. The fraction of sp³-hybridized carbons (Fsp3) is 0.368. The molecule has 0 aliphatic heterocycles. The number of hydrogen-bond acceptors (Lipinski definition) is 2. The van der Waals surface area contributed by atoms with E-state index in [0.717, 1.165) is 18.5 Å². The SMILES string of the molecule is C=CCN(CC(F)(F)F)C(=O)c1nn(-c2ccc(F)cc2)c2c1CCCC2. The second kappa shape index (κ2) is 7.54. The highest BCUT2D eigenvalue weighted by atomic mass is 19.4. The van der Waals surface area contributed by atoms with Gasteiger partial charge in [-0.2, -0.15) is 18.3 Å². The summed E-state index contributed by atoms with van der Waals surface area (Å²) < 4.78 is 53.3. The van der Waals surface area contributed by atoms with Crippen molar-refractivity contribution in [2.24, 2.45) is 0 Å². The molecule has 0 unspecified atom stereocenters. The van der Waals surface area contributed by atoms with Gasteiger partial charge in [0.05, 0.1) is 5.69 Å². The number of nitrogens with zero attached hydrogens (tertiary/aromatic N) is 3. The largest absolute Gasteiger partial charge is 0.406 e. The van der Waals surface area contributed by atoms with Crippen LogP contribution in [0.25, 0.3) is 5.69 Å². The number of alkyl halides is 3. The zero-order chi connectivity index (χ0) is 19.6. The molecule has 0 N–H and O–H groups in total. The van der Waals surface area contributed by atoms with Crippen molar-refractivity contribution in [1.82, 2.24) is 14.7 Å². The summed E-state index contributed by atoms with van der Waals surface area (Å²) in [6, 6.07) is 5.62. The summed E-state index contributed by atoms with van der Waals surface area (Å²) in [7, 11) is 0. The van der Waals surface area contributed by atoms with E-state index in [9.17, 15) is 22.4 Å². The van der Waals surface area contributed by atoms with Crippen LogP contribution in [0.1, 0.15) is 34.6 Å². The average Bonchev–Trinajstić information content (AvgIpc) is 3.00. The van der Waals surface area contributed by atoms with Gasteiger partial charge in [0, 0.05) is 17.8 Å². The molecule has 1 aliphatic rings. The number of benzene rings is 1. The van der Waals surface area contributed by atoms with Crippen LogP contribution in [0.4, 0.5) is 17.6 Å². The van der Waals surface area contributed by atoms with E-state index >= 15 is 0 Å². The van der Waals surface area contributed by atoms with Crippen molar-refractivity contribution in [3.05, 3.63) is 59.7 Å². The summed E-state index contributed by atoms with van der Waals surface area (Å²) in [6.45, 7) is 1.84. The number of carbonyl (C=O) groups is 1. The van der Waals surface area contributed by atoms with Crippen molar-refractivity contribution in [2.45, 2.75) is 31.9 Å². The normalized spacial score (nSPS) is 13.9. The van der Waals surface area contributed by atoms with Gasteiger partial charge in [-0.15, -0.1) is 6.58 Å². The predicted octanol–water partition coefficient (Wildman–Crippen LogP) is 4.08. The Bertz CT molecular complexity index is 840. The Morgan fingerprint density at radius 2 is 1.89 bits per heavy atom. The molecule has 0 saturated heterocycles. The third-order valence-electron chi connectivity index (χ3n) is 4.46. The van der Waals surface area contributed by atoms with Crippen molar-refractivity contribution >= 4 is 5.91 Å². The molecule has 1 amide bonds. The molecular weight excluding hydrogens is 362 g/mol. The Morgan fingerprint density at radius 3 is 2.52 bits per heavy atom. The number of aromatic nitrogens is 2. The van der Waals surface area contributed by atoms with E-state index < -0.39 is 24.4 Å². The molecule has 27 heavy (non-hydrogen) atoms. The smallest absolute Gasteiger partial charge is 0.324 e. The van der Waals surface area contributed by atoms with Crippen LogP contribution < -0.4 is 0 Å². The molecule has 8 heteroatoms. The Hall–Kier alpha value is -2.64. The standard InChI is InChI=1S/C19H19F4N3O/c1-2-11-25(12-19(21,22)23)18(27)17-15-5-3-4-6-16(15)26(24-17)14-9-7-13(20)8-10-14/h2,7-10H,1,3-6,11-12H2. The molecule has 1 aromatic carbocycles. The zero-order valence-electron chi connectivity index (χ0n) is 14.6. The summed E-state index contributed by atoms with van der Waals surface area (Å²) in [4.78, 5) is 13.5. The maximum Gasteiger partial charge on any atom is 0.406 e. The van der Waals surface area contributed by atoms with Crippen LogP contribution >= 0.6 is 0 Å². The van der Waals surface area contributed by atoms with E-state index in [1.165, 1.54) is 30.3 Å². The minimum atomic E-state index is -4.52. The van der Waals surface area contributed by atoms with E-state index in [1.54, 1.807) is 4.68 Å². The van der Waals surface area contributed by atoms with Crippen LogP contribution in [0.5, 0.6) is 0 Å². The molecule has 0 saturated carbocycles. The van der Waals surface area contributed by atoms with Gasteiger partial charge >= 0.3 is 6.18 Å². The highest BCUT2D eigenvalue weighted by Crippen LogP contribution is 2.28. The van der Waals surface area contributed by atoms with Crippen molar-refractivity contribution in [3.8, 4) is 5.69 Å². The lowest BCUT2D eigenvalue weighted by Crippen LogP contribution is -2.39. The highest BCUT2D eigenvalue weighted by Gasteiger charge is 2.35. The van der Waals surface area contributed by atoms with Crippen molar-refractivity contribution in [3.63, 3.8) is 0 Å². The minimum absolute atomic E-state index is 0.0279. The Kier molecular flexibility index (Phi) is 5.34. The number of carbonyl (C=O) groups excluding carboxylic acids is 1. The quantitative estimate of drug-likeness (QED) is 0.578. The van der Waals surface area contributed by atoms with Gasteiger partial charge in [0.2, 0.25) is 0 Å². The first kappa shape index (κ1) is 19.1. The fourth-order valence-corrected chi connectivity index (χ4v) is 3.31. The molecule has 3 rings (SSSR count).